The van der Waals surface area contributed by atoms with Crippen LogP contribution in [-0.2, 0) is 6.42 Å². The number of hydrogen-bond donors (Lipinski definition) is 2. The Bertz CT molecular complexity index is 656. The summed E-state index contributed by atoms with van der Waals surface area (Å²) in [5, 5.41) is 6.17. The number of halogens is 2. The molecule has 3 nitrogen and oxygen atoms in total. The van der Waals surface area contributed by atoms with Crippen molar-refractivity contribution in [2.75, 3.05) is 6.54 Å². The summed E-state index contributed by atoms with van der Waals surface area (Å²) < 4.78 is 1.06. The van der Waals surface area contributed by atoms with Crippen molar-refractivity contribution in [1.29, 1.82) is 0 Å². The Balaban J connectivity index is 1.72. The van der Waals surface area contributed by atoms with Crippen molar-refractivity contribution >= 4 is 39.6 Å². The fourth-order valence-electron chi connectivity index (χ4n) is 1.85. The third-order valence-electron chi connectivity index (χ3n) is 3.00. The highest BCUT2D eigenvalue weighted by atomic mass is 79.9. The van der Waals surface area contributed by atoms with E-state index in [4.69, 9.17) is 11.6 Å². The Labute approximate surface area is 143 Å². The summed E-state index contributed by atoms with van der Waals surface area (Å²) >= 11 is 9.30. The average molecular weight is 380 g/mol. The van der Waals surface area contributed by atoms with Gasteiger partial charge in [-0.1, -0.05) is 57.9 Å². The molecule has 0 saturated heterocycles. The molecule has 2 amide bonds. The summed E-state index contributed by atoms with van der Waals surface area (Å²) in [5.41, 5.74) is 2.14. The van der Waals surface area contributed by atoms with Crippen LogP contribution in [0.25, 0.3) is 6.08 Å². The van der Waals surface area contributed by atoms with E-state index in [9.17, 15) is 4.79 Å². The summed E-state index contributed by atoms with van der Waals surface area (Å²) in [4.78, 5) is 11.7. The second-order valence-corrected chi connectivity index (χ2v) is 5.92. The molecule has 0 radical (unpaired) electrons. The second-order valence-electron chi connectivity index (χ2n) is 4.63. The van der Waals surface area contributed by atoms with Gasteiger partial charge in [0.05, 0.1) is 0 Å². The van der Waals surface area contributed by atoms with Gasteiger partial charge in [-0.25, -0.2) is 4.79 Å². The van der Waals surface area contributed by atoms with Crippen LogP contribution in [0.1, 0.15) is 11.1 Å². The van der Waals surface area contributed by atoms with Crippen molar-refractivity contribution in [3.8, 4) is 0 Å². The largest absolute Gasteiger partial charge is 0.338 e. The average Bonchev–Trinajstić information content (AvgIpc) is 2.51. The van der Waals surface area contributed by atoms with Gasteiger partial charge in [-0.15, -0.1) is 0 Å². The molecule has 0 heterocycles. The van der Waals surface area contributed by atoms with Crippen molar-refractivity contribution in [3.63, 3.8) is 0 Å². The van der Waals surface area contributed by atoms with Crippen LogP contribution in [0.15, 0.2) is 59.2 Å². The Hall–Kier alpha value is -1.78. The molecule has 114 valence electrons. The zero-order chi connectivity index (χ0) is 15.8. The lowest BCUT2D eigenvalue weighted by atomic mass is 10.1. The second kappa shape index (κ2) is 8.61. The van der Waals surface area contributed by atoms with Gasteiger partial charge in [0.15, 0.2) is 0 Å². The molecule has 0 aliphatic carbocycles. The molecule has 2 rings (SSSR count). The first kappa shape index (κ1) is 16.6. The van der Waals surface area contributed by atoms with Crippen molar-refractivity contribution in [1.82, 2.24) is 10.6 Å². The molecule has 0 spiro atoms. The number of amides is 2. The van der Waals surface area contributed by atoms with E-state index in [-0.39, 0.29) is 6.03 Å². The lowest BCUT2D eigenvalue weighted by Crippen LogP contribution is -2.33. The molecule has 0 aromatic heterocycles. The van der Waals surface area contributed by atoms with E-state index in [1.54, 1.807) is 18.3 Å². The smallest absolute Gasteiger partial charge is 0.318 e. The molecule has 0 unspecified atom stereocenters. The number of nitrogens with one attached hydrogen (secondary N) is 2. The normalized spacial score (nSPS) is 10.6. The van der Waals surface area contributed by atoms with Crippen LogP contribution in [0.5, 0.6) is 0 Å². The lowest BCUT2D eigenvalue weighted by Gasteiger charge is -2.06. The fourth-order valence-corrected chi connectivity index (χ4v) is 2.46. The van der Waals surface area contributed by atoms with Crippen LogP contribution < -0.4 is 10.6 Å². The molecule has 22 heavy (non-hydrogen) atoms. The van der Waals surface area contributed by atoms with E-state index < -0.39 is 0 Å². The predicted octanol–water partition coefficient (Wildman–Crippen LogP) is 4.62. The van der Waals surface area contributed by atoms with Gasteiger partial charge in [0, 0.05) is 22.2 Å². The Morgan fingerprint density at radius 3 is 2.59 bits per heavy atom. The Kier molecular flexibility index (Phi) is 6.49. The summed E-state index contributed by atoms with van der Waals surface area (Å²) in [6.07, 6.45) is 4.19. The number of carbonyl (C=O) groups excluding carboxylic acids is 1. The van der Waals surface area contributed by atoms with Gasteiger partial charge >= 0.3 is 6.03 Å². The monoisotopic (exact) mass is 378 g/mol. The predicted molar refractivity (Wildman–Crippen MR) is 94.9 cm³/mol. The number of hydrogen-bond acceptors (Lipinski definition) is 1. The van der Waals surface area contributed by atoms with E-state index in [1.165, 1.54) is 5.56 Å². The van der Waals surface area contributed by atoms with Crippen molar-refractivity contribution in [3.05, 3.63) is 75.4 Å². The maximum Gasteiger partial charge on any atom is 0.318 e. The van der Waals surface area contributed by atoms with Crippen LogP contribution >= 0.6 is 27.5 Å². The molecule has 0 saturated carbocycles. The maximum atomic E-state index is 11.7. The first-order valence-electron chi connectivity index (χ1n) is 6.85. The molecule has 5 heteroatoms. The highest BCUT2D eigenvalue weighted by Crippen LogP contribution is 2.15. The SMILES string of the molecule is O=C(N/C=C/c1ccc(Cl)cc1)NCCc1ccccc1Br. The molecular formula is C17H16BrClN2O. The zero-order valence-corrected chi connectivity index (χ0v) is 14.2. The fraction of sp³-hybridized carbons (Fsp3) is 0.118. The van der Waals surface area contributed by atoms with Crippen LogP contribution in [-0.4, -0.2) is 12.6 Å². The third-order valence-corrected chi connectivity index (χ3v) is 4.02. The van der Waals surface area contributed by atoms with Gasteiger partial charge < -0.3 is 10.6 Å². The Morgan fingerprint density at radius 1 is 1.14 bits per heavy atom. The molecule has 0 bridgehead atoms. The first-order valence-corrected chi connectivity index (χ1v) is 8.02. The standard InChI is InChI=1S/C17H16BrClN2O/c18-16-4-2-1-3-14(16)10-12-21-17(22)20-11-9-13-5-7-15(19)8-6-13/h1-9,11H,10,12H2,(H2,20,21,22)/b11-9+. The molecule has 0 aliphatic rings. The van der Waals surface area contributed by atoms with E-state index in [2.05, 4.69) is 26.6 Å². The van der Waals surface area contributed by atoms with Crippen molar-refractivity contribution in [2.24, 2.45) is 0 Å². The summed E-state index contributed by atoms with van der Waals surface area (Å²) in [7, 11) is 0. The van der Waals surface area contributed by atoms with E-state index in [1.807, 2.05) is 42.5 Å². The minimum absolute atomic E-state index is 0.225. The molecule has 0 fully saturated rings. The van der Waals surface area contributed by atoms with Crippen LogP contribution in [0.4, 0.5) is 4.79 Å². The zero-order valence-electron chi connectivity index (χ0n) is 11.9. The third kappa shape index (κ3) is 5.54. The number of rotatable bonds is 5. The molecule has 2 aromatic carbocycles. The van der Waals surface area contributed by atoms with Crippen LogP contribution in [0.3, 0.4) is 0 Å². The molecule has 2 N–H and O–H groups in total. The van der Waals surface area contributed by atoms with Gasteiger partial charge in [-0.3, -0.25) is 0 Å². The summed E-state index contributed by atoms with van der Waals surface area (Å²) in [5.74, 6) is 0. The maximum absolute atomic E-state index is 11.7. The van der Waals surface area contributed by atoms with Crippen molar-refractivity contribution in [2.45, 2.75) is 6.42 Å². The van der Waals surface area contributed by atoms with Crippen LogP contribution in [0, 0.1) is 0 Å². The van der Waals surface area contributed by atoms with E-state index in [0.29, 0.717) is 11.6 Å². The van der Waals surface area contributed by atoms with Gasteiger partial charge in [0.25, 0.3) is 0 Å². The van der Waals surface area contributed by atoms with Gasteiger partial charge in [-0.05, 0) is 41.8 Å². The molecule has 0 atom stereocenters. The van der Waals surface area contributed by atoms with E-state index >= 15 is 0 Å². The quantitative estimate of drug-likeness (QED) is 0.782. The highest BCUT2D eigenvalue weighted by Gasteiger charge is 2.00. The van der Waals surface area contributed by atoms with Gasteiger partial charge in [-0.2, -0.15) is 0 Å². The van der Waals surface area contributed by atoms with Gasteiger partial charge in [0.1, 0.15) is 0 Å². The highest BCUT2D eigenvalue weighted by molar-refractivity contribution is 9.10. The topological polar surface area (TPSA) is 41.1 Å². The van der Waals surface area contributed by atoms with Gasteiger partial charge in [0.2, 0.25) is 0 Å². The molecular weight excluding hydrogens is 364 g/mol. The number of benzene rings is 2. The number of urea groups is 1. The minimum atomic E-state index is -0.225. The molecule has 2 aromatic rings. The lowest BCUT2D eigenvalue weighted by molar-refractivity contribution is 0.244. The van der Waals surface area contributed by atoms with Crippen molar-refractivity contribution < 1.29 is 4.79 Å². The first-order chi connectivity index (χ1) is 10.6. The summed E-state index contributed by atoms with van der Waals surface area (Å²) in [6.45, 7) is 0.573. The Morgan fingerprint density at radius 2 is 1.86 bits per heavy atom. The minimum Gasteiger partial charge on any atom is -0.338 e. The van der Waals surface area contributed by atoms with Crippen LogP contribution in [0.2, 0.25) is 5.02 Å². The molecule has 0 aliphatic heterocycles. The number of carbonyl (C=O) groups is 1. The van der Waals surface area contributed by atoms with E-state index in [0.717, 1.165) is 16.5 Å². The summed E-state index contributed by atoms with van der Waals surface area (Å²) in [6, 6.07) is 15.1.